The molecular formula is C23H25N3O4. The Morgan fingerprint density at radius 3 is 2.43 bits per heavy atom. The average molecular weight is 407 g/mol. The average Bonchev–Trinajstić information content (AvgIpc) is 3.14. The molecule has 0 saturated carbocycles. The molecule has 2 amide bonds. The molecule has 0 aliphatic carbocycles. The molecule has 0 aliphatic heterocycles. The van der Waals surface area contributed by atoms with Crippen LogP contribution in [0.5, 0.6) is 0 Å². The number of hydrogen-bond acceptors (Lipinski definition) is 5. The van der Waals surface area contributed by atoms with E-state index in [-0.39, 0.29) is 37.4 Å². The number of benzene rings is 2. The van der Waals surface area contributed by atoms with Gasteiger partial charge in [0, 0.05) is 30.1 Å². The zero-order chi connectivity index (χ0) is 21.5. The topological polar surface area (TPSA) is 104 Å². The maximum Gasteiger partial charge on any atom is 0.251 e. The molecule has 0 radical (unpaired) electrons. The number of hydrogen-bond donors (Lipinski definition) is 3. The first-order valence-corrected chi connectivity index (χ1v) is 9.80. The minimum absolute atomic E-state index is 0.115. The lowest BCUT2D eigenvalue weighted by Gasteiger charge is -2.14. The number of aryl methyl sites for hydroxylation is 1. The zero-order valence-corrected chi connectivity index (χ0v) is 17.0. The molecule has 0 saturated heterocycles. The summed E-state index contributed by atoms with van der Waals surface area (Å²) in [6.45, 7) is 3.71. The Morgan fingerprint density at radius 2 is 1.77 bits per heavy atom. The van der Waals surface area contributed by atoms with Crippen LogP contribution in [0.2, 0.25) is 0 Å². The molecule has 3 N–H and O–H groups in total. The number of nitrogens with zero attached hydrogens (tertiary/aromatic N) is 1. The Kier molecular flexibility index (Phi) is 6.98. The van der Waals surface area contributed by atoms with Gasteiger partial charge < -0.3 is 20.3 Å². The van der Waals surface area contributed by atoms with Crippen molar-refractivity contribution in [2.45, 2.75) is 26.3 Å². The van der Waals surface area contributed by atoms with Gasteiger partial charge in [0.2, 0.25) is 5.91 Å². The molecule has 0 spiro atoms. The number of aromatic nitrogens is 1. The maximum atomic E-state index is 12.5. The fourth-order valence-corrected chi connectivity index (χ4v) is 3.20. The lowest BCUT2D eigenvalue weighted by Crippen LogP contribution is -2.37. The standard InChI is InChI=1S/C23H25N3O4/c1-15(14-20(28)24-12-13-27)25-23(29)19-10-8-17(9-11-19)21-16(2)30-26-22(21)18-6-4-3-5-7-18/h3-11,15,27H,12-14H2,1-2H3,(H,24,28)(H,25,29)/t15-/m0/s1. The van der Waals surface area contributed by atoms with E-state index in [0.717, 1.165) is 22.4 Å². The summed E-state index contributed by atoms with van der Waals surface area (Å²) in [4.78, 5) is 24.2. The number of aliphatic hydroxyl groups excluding tert-OH is 1. The second-order valence-corrected chi connectivity index (χ2v) is 7.06. The fraction of sp³-hybridized carbons (Fsp3) is 0.261. The molecule has 0 bridgehead atoms. The number of carbonyl (C=O) groups is 2. The van der Waals surface area contributed by atoms with Crippen molar-refractivity contribution in [3.05, 3.63) is 65.9 Å². The summed E-state index contributed by atoms with van der Waals surface area (Å²) in [6.07, 6.45) is 0.143. The molecule has 30 heavy (non-hydrogen) atoms. The summed E-state index contributed by atoms with van der Waals surface area (Å²) in [7, 11) is 0. The highest BCUT2D eigenvalue weighted by Crippen LogP contribution is 2.34. The maximum absolute atomic E-state index is 12.5. The van der Waals surface area contributed by atoms with Crippen molar-refractivity contribution in [1.29, 1.82) is 0 Å². The second-order valence-electron chi connectivity index (χ2n) is 7.06. The van der Waals surface area contributed by atoms with Gasteiger partial charge in [-0.25, -0.2) is 0 Å². The molecule has 2 aromatic carbocycles. The summed E-state index contributed by atoms with van der Waals surface area (Å²) in [5, 5.41) is 18.3. The first-order chi connectivity index (χ1) is 14.5. The zero-order valence-electron chi connectivity index (χ0n) is 17.0. The van der Waals surface area contributed by atoms with Gasteiger partial charge >= 0.3 is 0 Å². The third-order valence-corrected chi connectivity index (χ3v) is 4.65. The van der Waals surface area contributed by atoms with Crippen molar-refractivity contribution in [3.63, 3.8) is 0 Å². The van der Waals surface area contributed by atoms with Crippen molar-refractivity contribution in [1.82, 2.24) is 15.8 Å². The van der Waals surface area contributed by atoms with Gasteiger partial charge in [-0.1, -0.05) is 47.6 Å². The van der Waals surface area contributed by atoms with Crippen LogP contribution in [-0.4, -0.2) is 41.3 Å². The van der Waals surface area contributed by atoms with E-state index in [1.54, 1.807) is 19.1 Å². The minimum Gasteiger partial charge on any atom is -0.395 e. The summed E-state index contributed by atoms with van der Waals surface area (Å²) < 4.78 is 5.42. The van der Waals surface area contributed by atoms with Crippen LogP contribution in [0.3, 0.4) is 0 Å². The third kappa shape index (κ3) is 5.12. The van der Waals surface area contributed by atoms with Crippen molar-refractivity contribution >= 4 is 11.8 Å². The van der Waals surface area contributed by atoms with Gasteiger partial charge in [0.05, 0.1) is 12.2 Å². The Labute approximate surface area is 175 Å². The summed E-state index contributed by atoms with van der Waals surface area (Å²) in [6, 6.07) is 16.7. The Morgan fingerprint density at radius 1 is 1.07 bits per heavy atom. The lowest BCUT2D eigenvalue weighted by molar-refractivity contribution is -0.121. The van der Waals surface area contributed by atoms with E-state index in [4.69, 9.17) is 9.63 Å². The Hall–Kier alpha value is -3.45. The largest absolute Gasteiger partial charge is 0.395 e. The highest BCUT2D eigenvalue weighted by Gasteiger charge is 2.18. The molecule has 156 valence electrons. The number of carbonyl (C=O) groups excluding carboxylic acids is 2. The molecule has 1 aromatic heterocycles. The van der Waals surface area contributed by atoms with E-state index in [1.165, 1.54) is 0 Å². The highest BCUT2D eigenvalue weighted by molar-refractivity contribution is 5.95. The van der Waals surface area contributed by atoms with E-state index in [9.17, 15) is 9.59 Å². The lowest BCUT2D eigenvalue weighted by atomic mass is 9.98. The highest BCUT2D eigenvalue weighted by atomic mass is 16.5. The van der Waals surface area contributed by atoms with Gasteiger partial charge in [-0.15, -0.1) is 0 Å². The summed E-state index contributed by atoms with van der Waals surface area (Å²) in [5.41, 5.74) is 4.01. The molecule has 1 atom stereocenters. The van der Waals surface area contributed by atoms with E-state index in [2.05, 4.69) is 15.8 Å². The van der Waals surface area contributed by atoms with Crippen molar-refractivity contribution in [2.75, 3.05) is 13.2 Å². The van der Waals surface area contributed by atoms with Gasteiger partial charge in [0.15, 0.2) is 0 Å². The van der Waals surface area contributed by atoms with Gasteiger partial charge in [0.1, 0.15) is 11.5 Å². The van der Waals surface area contributed by atoms with E-state index < -0.39 is 0 Å². The van der Waals surface area contributed by atoms with Gasteiger partial charge in [-0.3, -0.25) is 9.59 Å². The van der Waals surface area contributed by atoms with Gasteiger partial charge in [-0.2, -0.15) is 0 Å². The van der Waals surface area contributed by atoms with Crippen molar-refractivity contribution in [2.24, 2.45) is 0 Å². The molecule has 0 aliphatic rings. The van der Waals surface area contributed by atoms with Crippen molar-refractivity contribution < 1.29 is 19.2 Å². The van der Waals surface area contributed by atoms with E-state index in [1.807, 2.05) is 49.4 Å². The van der Waals surface area contributed by atoms with Crippen LogP contribution in [0.1, 0.15) is 29.5 Å². The quantitative estimate of drug-likeness (QED) is 0.533. The summed E-state index contributed by atoms with van der Waals surface area (Å²) >= 11 is 0. The normalized spacial score (nSPS) is 11.7. The monoisotopic (exact) mass is 407 g/mol. The Balaban J connectivity index is 1.71. The molecule has 0 fully saturated rings. The van der Waals surface area contributed by atoms with Crippen LogP contribution >= 0.6 is 0 Å². The number of aliphatic hydroxyl groups is 1. The molecular weight excluding hydrogens is 382 g/mol. The van der Waals surface area contributed by atoms with E-state index in [0.29, 0.717) is 11.3 Å². The number of rotatable bonds is 8. The van der Waals surface area contributed by atoms with Gasteiger partial charge in [-0.05, 0) is 31.5 Å². The van der Waals surface area contributed by atoms with Gasteiger partial charge in [0.25, 0.3) is 5.91 Å². The van der Waals surface area contributed by atoms with Crippen LogP contribution in [0.25, 0.3) is 22.4 Å². The Bertz CT molecular complexity index is 997. The van der Waals surface area contributed by atoms with Crippen LogP contribution in [-0.2, 0) is 4.79 Å². The molecule has 7 heteroatoms. The van der Waals surface area contributed by atoms with Crippen molar-refractivity contribution in [3.8, 4) is 22.4 Å². The molecule has 3 aromatic rings. The predicted octanol–water partition coefficient (Wildman–Crippen LogP) is 2.93. The van der Waals surface area contributed by atoms with Crippen LogP contribution in [0, 0.1) is 6.92 Å². The van der Waals surface area contributed by atoms with Crippen LogP contribution in [0.4, 0.5) is 0 Å². The number of amides is 2. The molecule has 0 unspecified atom stereocenters. The molecule has 7 nitrogen and oxygen atoms in total. The predicted molar refractivity (Wildman–Crippen MR) is 114 cm³/mol. The van der Waals surface area contributed by atoms with E-state index >= 15 is 0 Å². The smallest absolute Gasteiger partial charge is 0.251 e. The minimum atomic E-state index is -0.333. The summed E-state index contributed by atoms with van der Waals surface area (Å²) in [5.74, 6) is 0.228. The number of nitrogens with one attached hydrogen (secondary N) is 2. The second kappa shape index (κ2) is 9.84. The molecule has 3 rings (SSSR count). The van der Waals surface area contributed by atoms with Crippen LogP contribution in [0.15, 0.2) is 59.1 Å². The first kappa shape index (κ1) is 21.3. The van der Waals surface area contributed by atoms with Crippen LogP contribution < -0.4 is 10.6 Å². The third-order valence-electron chi connectivity index (χ3n) is 4.65. The first-order valence-electron chi connectivity index (χ1n) is 9.80. The SMILES string of the molecule is Cc1onc(-c2ccccc2)c1-c1ccc(C(=O)N[C@@H](C)CC(=O)NCCO)cc1. The molecule has 1 heterocycles. The fourth-order valence-electron chi connectivity index (χ4n) is 3.20.